The molecule has 0 aliphatic carbocycles. The number of rotatable bonds is 9. The quantitative estimate of drug-likeness (QED) is 0.682. The fraction of sp³-hybridized carbons (Fsp3) is 0.733. The maximum Gasteiger partial charge on any atom is 0.273 e. The molecule has 0 radical (unpaired) electrons. The number of hydrogen-bond donors (Lipinski definition) is 2. The molecule has 1 rings (SSSR count). The molecular formula is C15H27N3O2. The summed E-state index contributed by atoms with van der Waals surface area (Å²) in [6.07, 6.45) is 6.86. The molecule has 0 spiro atoms. The van der Waals surface area contributed by atoms with Gasteiger partial charge in [-0.25, -0.2) is 4.98 Å². The summed E-state index contributed by atoms with van der Waals surface area (Å²) in [7, 11) is 0. The SMILES string of the molecule is CCCCCCNC(=O)c1coc(C(N)C(C)CC)n1. The summed E-state index contributed by atoms with van der Waals surface area (Å²) in [5.74, 6) is 0.530. The van der Waals surface area contributed by atoms with Crippen molar-refractivity contribution >= 4 is 5.91 Å². The summed E-state index contributed by atoms with van der Waals surface area (Å²) < 4.78 is 5.32. The zero-order valence-electron chi connectivity index (χ0n) is 12.8. The molecule has 1 aromatic heterocycles. The largest absolute Gasteiger partial charge is 0.446 e. The Bertz CT molecular complexity index is 404. The minimum Gasteiger partial charge on any atom is -0.446 e. The summed E-state index contributed by atoms with van der Waals surface area (Å²) in [6, 6.07) is -0.258. The molecule has 1 amide bonds. The van der Waals surface area contributed by atoms with Crippen molar-refractivity contribution in [3.8, 4) is 0 Å². The van der Waals surface area contributed by atoms with Crippen LogP contribution in [0.3, 0.4) is 0 Å². The lowest BCUT2D eigenvalue weighted by Crippen LogP contribution is -2.25. The number of nitrogens with two attached hydrogens (primary N) is 1. The van der Waals surface area contributed by atoms with E-state index in [1.807, 2.05) is 6.92 Å². The maximum atomic E-state index is 11.9. The third kappa shape index (κ3) is 4.96. The highest BCUT2D eigenvalue weighted by Crippen LogP contribution is 2.20. The second-order valence-electron chi connectivity index (χ2n) is 5.30. The van der Waals surface area contributed by atoms with Crippen LogP contribution in [-0.4, -0.2) is 17.4 Å². The molecule has 3 N–H and O–H groups in total. The Morgan fingerprint density at radius 1 is 1.40 bits per heavy atom. The Kier molecular flexibility index (Phi) is 7.30. The van der Waals surface area contributed by atoms with Gasteiger partial charge in [0, 0.05) is 6.54 Å². The molecule has 5 heteroatoms. The van der Waals surface area contributed by atoms with E-state index in [2.05, 4.69) is 24.1 Å². The Balaban J connectivity index is 2.44. The first-order valence-corrected chi connectivity index (χ1v) is 7.59. The van der Waals surface area contributed by atoms with Crippen molar-refractivity contribution < 1.29 is 9.21 Å². The second-order valence-corrected chi connectivity index (χ2v) is 5.30. The third-order valence-corrected chi connectivity index (χ3v) is 3.61. The van der Waals surface area contributed by atoms with E-state index in [9.17, 15) is 4.79 Å². The van der Waals surface area contributed by atoms with Crippen molar-refractivity contribution in [2.45, 2.75) is 58.9 Å². The van der Waals surface area contributed by atoms with Gasteiger partial charge in [0.15, 0.2) is 5.69 Å². The van der Waals surface area contributed by atoms with Gasteiger partial charge in [0.1, 0.15) is 6.26 Å². The van der Waals surface area contributed by atoms with Crippen LogP contribution in [0.15, 0.2) is 10.7 Å². The molecule has 0 aliphatic heterocycles. The highest BCUT2D eigenvalue weighted by molar-refractivity contribution is 5.91. The van der Waals surface area contributed by atoms with E-state index >= 15 is 0 Å². The molecule has 0 saturated carbocycles. The minimum absolute atomic E-state index is 0.187. The first kappa shape index (κ1) is 16.7. The highest BCUT2D eigenvalue weighted by atomic mass is 16.3. The Morgan fingerprint density at radius 3 is 2.80 bits per heavy atom. The van der Waals surface area contributed by atoms with Gasteiger partial charge in [-0.1, -0.05) is 46.5 Å². The van der Waals surface area contributed by atoms with Crippen molar-refractivity contribution in [2.24, 2.45) is 11.7 Å². The first-order chi connectivity index (χ1) is 9.60. The fourth-order valence-electron chi connectivity index (χ4n) is 1.89. The standard InChI is InChI=1S/C15H27N3O2/c1-4-6-7-8-9-17-14(19)12-10-20-15(18-12)13(16)11(3)5-2/h10-11,13H,4-9,16H2,1-3H3,(H,17,19). The lowest BCUT2D eigenvalue weighted by atomic mass is 10.0. The predicted octanol–water partition coefficient (Wildman–Crippen LogP) is 3.03. The molecule has 0 aliphatic rings. The number of hydrogen-bond acceptors (Lipinski definition) is 4. The smallest absolute Gasteiger partial charge is 0.273 e. The predicted molar refractivity (Wildman–Crippen MR) is 79.4 cm³/mol. The van der Waals surface area contributed by atoms with Crippen LogP contribution in [0.4, 0.5) is 0 Å². The van der Waals surface area contributed by atoms with Crippen LogP contribution in [0.1, 0.15) is 75.3 Å². The number of nitrogens with zero attached hydrogens (tertiary/aromatic N) is 1. The van der Waals surface area contributed by atoms with Crippen molar-refractivity contribution in [3.05, 3.63) is 17.8 Å². The normalized spacial score (nSPS) is 14.0. The van der Waals surface area contributed by atoms with Crippen molar-refractivity contribution in [1.29, 1.82) is 0 Å². The number of carbonyl (C=O) groups excluding carboxylic acids is 1. The number of unbranched alkanes of at least 4 members (excludes halogenated alkanes) is 3. The van der Waals surface area contributed by atoms with Crippen molar-refractivity contribution in [2.75, 3.05) is 6.54 Å². The Labute approximate surface area is 121 Å². The van der Waals surface area contributed by atoms with Gasteiger partial charge in [0.05, 0.1) is 6.04 Å². The van der Waals surface area contributed by atoms with Gasteiger partial charge in [-0.2, -0.15) is 0 Å². The van der Waals surface area contributed by atoms with E-state index < -0.39 is 0 Å². The van der Waals surface area contributed by atoms with Gasteiger partial charge in [-0.15, -0.1) is 0 Å². The van der Waals surface area contributed by atoms with Crippen molar-refractivity contribution in [3.63, 3.8) is 0 Å². The molecule has 114 valence electrons. The Morgan fingerprint density at radius 2 is 2.15 bits per heavy atom. The number of amides is 1. The van der Waals surface area contributed by atoms with Gasteiger partial charge in [-0.3, -0.25) is 4.79 Å². The molecule has 20 heavy (non-hydrogen) atoms. The van der Waals surface area contributed by atoms with E-state index in [4.69, 9.17) is 10.2 Å². The van der Waals surface area contributed by atoms with Gasteiger partial charge in [0.25, 0.3) is 5.91 Å². The third-order valence-electron chi connectivity index (χ3n) is 3.61. The van der Waals surface area contributed by atoms with E-state index in [1.54, 1.807) is 0 Å². The van der Waals surface area contributed by atoms with E-state index in [0.29, 0.717) is 18.1 Å². The highest BCUT2D eigenvalue weighted by Gasteiger charge is 2.20. The minimum atomic E-state index is -0.258. The molecule has 5 nitrogen and oxygen atoms in total. The van der Waals surface area contributed by atoms with E-state index in [1.165, 1.54) is 19.1 Å². The zero-order chi connectivity index (χ0) is 15.0. The van der Waals surface area contributed by atoms with Crippen LogP contribution in [0.5, 0.6) is 0 Å². The number of oxazole rings is 1. The number of nitrogens with one attached hydrogen (secondary N) is 1. The van der Waals surface area contributed by atoms with Crippen LogP contribution in [0.2, 0.25) is 0 Å². The molecule has 0 fully saturated rings. The molecule has 2 atom stereocenters. The summed E-state index contributed by atoms with van der Waals surface area (Å²) in [4.78, 5) is 16.1. The van der Waals surface area contributed by atoms with Gasteiger partial charge < -0.3 is 15.5 Å². The van der Waals surface area contributed by atoms with Gasteiger partial charge in [0.2, 0.25) is 5.89 Å². The number of carbonyl (C=O) groups is 1. The molecule has 2 unspecified atom stereocenters. The summed E-state index contributed by atoms with van der Waals surface area (Å²) in [6.45, 7) is 6.95. The topological polar surface area (TPSA) is 81.2 Å². The van der Waals surface area contributed by atoms with Crippen LogP contribution in [0, 0.1) is 5.92 Å². The lowest BCUT2D eigenvalue weighted by molar-refractivity contribution is 0.0948. The molecule has 0 aromatic carbocycles. The molecule has 1 heterocycles. The number of aromatic nitrogens is 1. The van der Waals surface area contributed by atoms with E-state index in [-0.39, 0.29) is 17.9 Å². The van der Waals surface area contributed by atoms with Crippen molar-refractivity contribution in [1.82, 2.24) is 10.3 Å². The molecular weight excluding hydrogens is 254 g/mol. The second kappa shape index (κ2) is 8.74. The van der Waals surface area contributed by atoms with Crippen LogP contribution in [-0.2, 0) is 0 Å². The Hall–Kier alpha value is -1.36. The first-order valence-electron chi connectivity index (χ1n) is 7.59. The average molecular weight is 281 g/mol. The zero-order valence-corrected chi connectivity index (χ0v) is 12.8. The summed E-state index contributed by atoms with van der Waals surface area (Å²) >= 11 is 0. The van der Waals surface area contributed by atoms with Gasteiger partial charge in [-0.05, 0) is 12.3 Å². The fourth-order valence-corrected chi connectivity index (χ4v) is 1.89. The average Bonchev–Trinajstić information content (AvgIpc) is 2.95. The van der Waals surface area contributed by atoms with Crippen LogP contribution < -0.4 is 11.1 Å². The summed E-state index contributed by atoms with van der Waals surface area (Å²) in [5.41, 5.74) is 6.34. The summed E-state index contributed by atoms with van der Waals surface area (Å²) in [5, 5.41) is 2.85. The van der Waals surface area contributed by atoms with Crippen LogP contribution in [0.25, 0.3) is 0 Å². The molecule has 0 bridgehead atoms. The lowest BCUT2D eigenvalue weighted by Gasteiger charge is -2.13. The van der Waals surface area contributed by atoms with Gasteiger partial charge >= 0.3 is 0 Å². The maximum absolute atomic E-state index is 11.9. The molecule has 1 aromatic rings. The monoisotopic (exact) mass is 281 g/mol. The van der Waals surface area contributed by atoms with E-state index in [0.717, 1.165) is 19.3 Å². The molecule has 0 saturated heterocycles. The van der Waals surface area contributed by atoms with Crippen LogP contribution >= 0.6 is 0 Å².